The highest BCUT2D eigenvalue weighted by atomic mass is 32.2. The van der Waals surface area contributed by atoms with Crippen LogP contribution in [0.3, 0.4) is 0 Å². The molecular formula is C40H47N3O6S. The highest BCUT2D eigenvalue weighted by molar-refractivity contribution is 7.92. The van der Waals surface area contributed by atoms with Crippen molar-refractivity contribution in [2.75, 3.05) is 24.6 Å². The van der Waals surface area contributed by atoms with Crippen molar-refractivity contribution < 1.29 is 27.5 Å². The first-order valence-corrected chi connectivity index (χ1v) is 18.7. The topological polar surface area (TPSA) is 105 Å². The molecule has 0 aliphatic heterocycles. The molecule has 1 atom stereocenters. The molecule has 0 spiro atoms. The molecular weight excluding hydrogens is 651 g/mol. The molecule has 2 amide bonds. The third kappa shape index (κ3) is 9.24. The first kappa shape index (κ1) is 36.5. The molecule has 264 valence electrons. The predicted molar refractivity (Wildman–Crippen MR) is 196 cm³/mol. The number of amides is 2. The zero-order chi connectivity index (χ0) is 35.5. The lowest BCUT2D eigenvalue weighted by Gasteiger charge is -2.35. The van der Waals surface area contributed by atoms with Crippen molar-refractivity contribution in [2.45, 2.75) is 75.9 Å². The summed E-state index contributed by atoms with van der Waals surface area (Å²) < 4.78 is 41.4. The van der Waals surface area contributed by atoms with Gasteiger partial charge in [0.05, 0.1) is 24.3 Å². The minimum absolute atomic E-state index is 0.0137. The Labute approximate surface area is 296 Å². The Hall–Kier alpha value is -4.83. The van der Waals surface area contributed by atoms with E-state index in [2.05, 4.69) is 5.32 Å². The monoisotopic (exact) mass is 697 g/mol. The molecule has 1 unspecified atom stereocenters. The summed E-state index contributed by atoms with van der Waals surface area (Å²) in [7, 11) is -2.70. The van der Waals surface area contributed by atoms with Gasteiger partial charge in [-0.2, -0.15) is 0 Å². The van der Waals surface area contributed by atoms with E-state index in [-0.39, 0.29) is 35.5 Å². The lowest BCUT2D eigenvalue weighted by molar-refractivity contribution is -0.140. The number of ether oxygens (including phenoxy) is 2. The largest absolute Gasteiger partial charge is 0.497 e. The molecule has 1 saturated carbocycles. The molecule has 0 aromatic heterocycles. The quantitative estimate of drug-likeness (QED) is 0.149. The van der Waals surface area contributed by atoms with E-state index < -0.39 is 28.5 Å². The number of benzene rings is 4. The van der Waals surface area contributed by atoms with Gasteiger partial charge < -0.3 is 19.7 Å². The van der Waals surface area contributed by atoms with Gasteiger partial charge in [-0.05, 0) is 74.2 Å². The SMILES string of the molecule is CCOc1ccccc1N(CC(=O)N(Cc1cccc(OC)c1)C(Cc1ccccc1)C(=O)NC1CCCCC1)S(=O)(=O)c1ccc(C)cc1. The highest BCUT2D eigenvalue weighted by Gasteiger charge is 2.36. The van der Waals surface area contributed by atoms with Crippen LogP contribution < -0.4 is 19.1 Å². The van der Waals surface area contributed by atoms with Crippen LogP contribution in [0.15, 0.2) is 108 Å². The van der Waals surface area contributed by atoms with Crippen LogP contribution in [0.1, 0.15) is 55.7 Å². The van der Waals surface area contributed by atoms with Crippen LogP contribution in [0.2, 0.25) is 0 Å². The van der Waals surface area contributed by atoms with Crippen molar-refractivity contribution in [3.05, 3.63) is 120 Å². The number of para-hydroxylation sites is 2. The van der Waals surface area contributed by atoms with Gasteiger partial charge in [0, 0.05) is 19.0 Å². The Morgan fingerprint density at radius 2 is 1.54 bits per heavy atom. The fourth-order valence-electron chi connectivity index (χ4n) is 6.36. The van der Waals surface area contributed by atoms with Crippen molar-refractivity contribution >= 4 is 27.5 Å². The van der Waals surface area contributed by atoms with Crippen molar-refractivity contribution in [3.63, 3.8) is 0 Å². The summed E-state index contributed by atoms with van der Waals surface area (Å²) in [4.78, 5) is 30.8. The molecule has 1 aliphatic carbocycles. The van der Waals surface area contributed by atoms with Gasteiger partial charge in [0.25, 0.3) is 10.0 Å². The number of nitrogens with zero attached hydrogens (tertiary/aromatic N) is 2. The summed E-state index contributed by atoms with van der Waals surface area (Å²) in [6.45, 7) is 3.48. The fraction of sp³-hybridized carbons (Fsp3) is 0.350. The lowest BCUT2D eigenvalue weighted by Crippen LogP contribution is -2.55. The normalized spacial score (nSPS) is 14.0. The minimum atomic E-state index is -4.27. The number of rotatable bonds is 15. The number of methoxy groups -OCH3 is 1. The number of carbonyl (C=O) groups is 2. The molecule has 0 bridgehead atoms. The number of sulfonamides is 1. The molecule has 0 saturated heterocycles. The van der Waals surface area contributed by atoms with Crippen molar-refractivity contribution in [1.29, 1.82) is 0 Å². The Balaban J connectivity index is 1.60. The maximum Gasteiger partial charge on any atom is 0.264 e. The lowest BCUT2D eigenvalue weighted by atomic mass is 9.94. The number of aryl methyl sites for hydroxylation is 1. The second-order valence-electron chi connectivity index (χ2n) is 12.6. The van der Waals surface area contributed by atoms with Crippen molar-refractivity contribution in [3.8, 4) is 11.5 Å². The van der Waals surface area contributed by atoms with Gasteiger partial charge in [-0.25, -0.2) is 8.42 Å². The van der Waals surface area contributed by atoms with E-state index in [1.54, 1.807) is 43.5 Å². The number of carbonyl (C=O) groups excluding carboxylic acids is 2. The van der Waals surface area contributed by atoms with Gasteiger partial charge in [0.15, 0.2) is 0 Å². The molecule has 4 aromatic rings. The standard InChI is InChI=1S/C40H47N3O6S/c1-4-49-38-21-12-11-20-36(38)43(50(46,47)35-24-22-30(2)23-25-35)29-39(44)42(28-32-16-13-19-34(26-32)48-3)37(27-31-14-7-5-8-15-31)40(45)41-33-17-9-6-10-18-33/h5,7-8,11-16,19-26,33,37H,4,6,9-10,17-18,27-29H2,1-3H3,(H,41,45). The van der Waals surface area contributed by atoms with Gasteiger partial charge in [0.2, 0.25) is 11.8 Å². The predicted octanol–water partition coefficient (Wildman–Crippen LogP) is 6.69. The summed E-state index contributed by atoms with van der Waals surface area (Å²) in [5.74, 6) is 0.137. The fourth-order valence-corrected chi connectivity index (χ4v) is 7.78. The van der Waals surface area contributed by atoms with Crippen LogP contribution in [0, 0.1) is 6.92 Å². The average molecular weight is 698 g/mol. The van der Waals surface area contributed by atoms with Crippen molar-refractivity contribution in [1.82, 2.24) is 10.2 Å². The number of hydrogen-bond donors (Lipinski definition) is 1. The summed E-state index contributed by atoms with van der Waals surface area (Å²) >= 11 is 0. The third-order valence-electron chi connectivity index (χ3n) is 9.03. The molecule has 0 heterocycles. The van der Waals surface area contributed by atoms with E-state index in [0.717, 1.165) is 53.1 Å². The second kappa shape index (κ2) is 17.2. The number of anilines is 1. The molecule has 0 radical (unpaired) electrons. The first-order valence-electron chi connectivity index (χ1n) is 17.3. The third-order valence-corrected chi connectivity index (χ3v) is 10.8. The molecule has 10 heteroatoms. The van der Waals surface area contributed by atoms with E-state index in [0.29, 0.717) is 18.1 Å². The molecule has 50 heavy (non-hydrogen) atoms. The van der Waals surface area contributed by atoms with Crippen LogP contribution in [-0.2, 0) is 32.6 Å². The van der Waals surface area contributed by atoms with Crippen LogP contribution in [0.25, 0.3) is 0 Å². The first-order chi connectivity index (χ1) is 24.2. The Morgan fingerprint density at radius 3 is 2.24 bits per heavy atom. The Bertz CT molecular complexity index is 1830. The summed E-state index contributed by atoms with van der Waals surface area (Å²) in [5, 5.41) is 3.25. The molecule has 5 rings (SSSR count). The van der Waals surface area contributed by atoms with E-state index >= 15 is 0 Å². The number of hydrogen-bond acceptors (Lipinski definition) is 6. The van der Waals surface area contributed by atoms with Crippen LogP contribution >= 0.6 is 0 Å². The van der Waals surface area contributed by atoms with Crippen LogP contribution in [0.4, 0.5) is 5.69 Å². The van der Waals surface area contributed by atoms with Gasteiger partial charge >= 0.3 is 0 Å². The van der Waals surface area contributed by atoms with Crippen molar-refractivity contribution in [2.24, 2.45) is 0 Å². The molecule has 4 aromatic carbocycles. The maximum atomic E-state index is 14.9. The average Bonchev–Trinajstić information content (AvgIpc) is 3.13. The van der Waals surface area contributed by atoms with E-state index in [4.69, 9.17) is 9.47 Å². The maximum absolute atomic E-state index is 14.9. The molecule has 1 aliphatic rings. The second-order valence-corrected chi connectivity index (χ2v) is 14.5. The summed E-state index contributed by atoms with van der Waals surface area (Å²) in [6.07, 6.45) is 5.20. The smallest absolute Gasteiger partial charge is 0.264 e. The van der Waals surface area contributed by atoms with E-state index in [9.17, 15) is 18.0 Å². The highest BCUT2D eigenvalue weighted by Crippen LogP contribution is 2.33. The molecule has 1 fully saturated rings. The van der Waals surface area contributed by atoms with E-state index in [1.165, 1.54) is 17.0 Å². The Kier molecular flexibility index (Phi) is 12.5. The van der Waals surface area contributed by atoms with Crippen LogP contribution in [-0.4, -0.2) is 57.5 Å². The van der Waals surface area contributed by atoms with Gasteiger partial charge in [-0.15, -0.1) is 0 Å². The van der Waals surface area contributed by atoms with Gasteiger partial charge in [-0.1, -0.05) is 91.6 Å². The minimum Gasteiger partial charge on any atom is -0.497 e. The molecule has 1 N–H and O–H groups in total. The zero-order valence-electron chi connectivity index (χ0n) is 29.1. The molecule has 9 nitrogen and oxygen atoms in total. The van der Waals surface area contributed by atoms with Gasteiger partial charge in [-0.3, -0.25) is 13.9 Å². The summed E-state index contributed by atoms with van der Waals surface area (Å²) in [5.41, 5.74) is 2.75. The zero-order valence-corrected chi connectivity index (χ0v) is 29.9. The van der Waals surface area contributed by atoms with Gasteiger partial charge in [0.1, 0.15) is 24.1 Å². The summed E-state index contributed by atoms with van der Waals surface area (Å²) in [6, 6.07) is 29.3. The number of nitrogens with one attached hydrogen (secondary N) is 1. The van der Waals surface area contributed by atoms with E-state index in [1.807, 2.05) is 68.4 Å². The Morgan fingerprint density at radius 1 is 0.860 bits per heavy atom. The van der Waals surface area contributed by atoms with Crippen LogP contribution in [0.5, 0.6) is 11.5 Å².